The van der Waals surface area contributed by atoms with Crippen LogP contribution in [-0.2, 0) is 4.79 Å². The Morgan fingerprint density at radius 3 is 2.85 bits per heavy atom. The predicted molar refractivity (Wildman–Crippen MR) is 51.5 cm³/mol. The number of carboxylic acids is 1. The molecule has 0 aromatic heterocycles. The molecule has 0 bridgehead atoms. The van der Waals surface area contributed by atoms with Crippen LogP contribution >= 0.6 is 0 Å². The molecule has 2 atom stereocenters. The summed E-state index contributed by atoms with van der Waals surface area (Å²) in [6.45, 7) is 7.09. The van der Waals surface area contributed by atoms with Gasteiger partial charge in [-0.1, -0.05) is 13.0 Å². The summed E-state index contributed by atoms with van der Waals surface area (Å²) in [7, 11) is 0. The third-order valence-electron chi connectivity index (χ3n) is 3.07. The van der Waals surface area contributed by atoms with Gasteiger partial charge in [0.15, 0.2) is 0 Å². The first-order valence-electron chi connectivity index (χ1n) is 4.70. The Hall–Kier alpha value is -0.830. The minimum atomic E-state index is -0.702. The quantitative estimate of drug-likeness (QED) is 0.648. The Labute approximate surface area is 78.8 Å². The molecule has 1 saturated heterocycles. The second-order valence-corrected chi connectivity index (χ2v) is 3.77. The molecule has 0 radical (unpaired) electrons. The Morgan fingerprint density at radius 2 is 2.46 bits per heavy atom. The maximum atomic E-state index is 11.2. The van der Waals surface area contributed by atoms with Crippen LogP contribution in [0.15, 0.2) is 12.7 Å². The van der Waals surface area contributed by atoms with E-state index in [0.717, 1.165) is 19.4 Å². The van der Waals surface area contributed by atoms with Crippen molar-refractivity contribution in [1.82, 2.24) is 5.32 Å². The molecule has 3 nitrogen and oxygen atoms in total. The lowest BCUT2D eigenvalue weighted by molar-refractivity contribution is -0.152. The van der Waals surface area contributed by atoms with Crippen LogP contribution in [0.2, 0.25) is 0 Å². The summed E-state index contributed by atoms with van der Waals surface area (Å²) in [5.41, 5.74) is -0.625. The molecule has 0 aromatic rings. The Bertz CT molecular complexity index is 207. The molecule has 0 aromatic carbocycles. The minimum Gasteiger partial charge on any atom is -0.481 e. The molecule has 0 saturated carbocycles. The van der Waals surface area contributed by atoms with E-state index in [-0.39, 0.29) is 5.92 Å². The van der Waals surface area contributed by atoms with Crippen molar-refractivity contribution in [2.45, 2.75) is 19.8 Å². The fraction of sp³-hybridized carbons (Fsp3) is 0.700. The summed E-state index contributed by atoms with van der Waals surface area (Å²) in [6, 6.07) is 0. The van der Waals surface area contributed by atoms with Crippen LogP contribution in [0, 0.1) is 11.3 Å². The van der Waals surface area contributed by atoms with Crippen LogP contribution in [0.25, 0.3) is 0 Å². The third-order valence-corrected chi connectivity index (χ3v) is 3.07. The van der Waals surface area contributed by atoms with Crippen LogP contribution in [0.1, 0.15) is 19.8 Å². The molecule has 0 aliphatic carbocycles. The Morgan fingerprint density at radius 1 is 1.77 bits per heavy atom. The molecule has 0 spiro atoms. The zero-order valence-corrected chi connectivity index (χ0v) is 8.05. The van der Waals surface area contributed by atoms with Crippen molar-refractivity contribution in [2.24, 2.45) is 11.3 Å². The molecule has 2 unspecified atom stereocenters. The van der Waals surface area contributed by atoms with Crippen molar-refractivity contribution in [3.63, 3.8) is 0 Å². The van der Waals surface area contributed by atoms with Gasteiger partial charge in [-0.3, -0.25) is 4.79 Å². The van der Waals surface area contributed by atoms with E-state index in [0.29, 0.717) is 6.54 Å². The summed E-state index contributed by atoms with van der Waals surface area (Å²) in [4.78, 5) is 11.2. The zero-order chi connectivity index (χ0) is 9.90. The number of allylic oxidation sites excluding steroid dienone is 1. The number of carbonyl (C=O) groups is 1. The van der Waals surface area contributed by atoms with Gasteiger partial charge in [0.1, 0.15) is 0 Å². The summed E-state index contributed by atoms with van der Waals surface area (Å²) < 4.78 is 0. The van der Waals surface area contributed by atoms with Gasteiger partial charge in [0.25, 0.3) is 0 Å². The van der Waals surface area contributed by atoms with E-state index in [9.17, 15) is 9.90 Å². The van der Waals surface area contributed by atoms with Crippen LogP contribution in [-0.4, -0.2) is 24.2 Å². The van der Waals surface area contributed by atoms with E-state index < -0.39 is 11.4 Å². The van der Waals surface area contributed by atoms with Crippen molar-refractivity contribution < 1.29 is 9.90 Å². The molecule has 1 fully saturated rings. The van der Waals surface area contributed by atoms with E-state index in [2.05, 4.69) is 11.9 Å². The lowest BCUT2D eigenvalue weighted by Gasteiger charge is -2.37. The van der Waals surface area contributed by atoms with E-state index in [1.807, 2.05) is 6.92 Å². The number of hydrogen-bond acceptors (Lipinski definition) is 2. The van der Waals surface area contributed by atoms with Gasteiger partial charge in [-0.25, -0.2) is 0 Å². The van der Waals surface area contributed by atoms with Gasteiger partial charge >= 0.3 is 5.97 Å². The van der Waals surface area contributed by atoms with Gasteiger partial charge in [0, 0.05) is 6.54 Å². The van der Waals surface area contributed by atoms with Gasteiger partial charge in [-0.2, -0.15) is 0 Å². The van der Waals surface area contributed by atoms with Crippen LogP contribution in [0.5, 0.6) is 0 Å². The summed E-state index contributed by atoms with van der Waals surface area (Å²) in [6.07, 6.45) is 3.42. The smallest absolute Gasteiger partial charge is 0.311 e. The standard InChI is InChI=1S/C10H17NO2/c1-3-8(2)10(9(12)13)5-4-6-11-7-10/h3,8,11H,1,4-7H2,2H3,(H,12,13). The number of carboxylic acid groups (broad SMARTS) is 1. The van der Waals surface area contributed by atoms with Crippen LogP contribution in [0.4, 0.5) is 0 Å². The van der Waals surface area contributed by atoms with Crippen molar-refractivity contribution in [3.05, 3.63) is 12.7 Å². The summed E-state index contributed by atoms with van der Waals surface area (Å²) in [5, 5.41) is 12.3. The van der Waals surface area contributed by atoms with Crippen molar-refractivity contribution in [3.8, 4) is 0 Å². The molecule has 2 N–H and O–H groups in total. The Kier molecular flexibility index (Phi) is 3.09. The van der Waals surface area contributed by atoms with Gasteiger partial charge in [-0.15, -0.1) is 6.58 Å². The lowest BCUT2D eigenvalue weighted by Crippen LogP contribution is -2.49. The molecule has 13 heavy (non-hydrogen) atoms. The van der Waals surface area contributed by atoms with E-state index in [1.54, 1.807) is 6.08 Å². The highest BCUT2D eigenvalue weighted by Crippen LogP contribution is 2.35. The summed E-state index contributed by atoms with van der Waals surface area (Å²) >= 11 is 0. The van der Waals surface area contributed by atoms with Crippen molar-refractivity contribution >= 4 is 5.97 Å². The molecular weight excluding hydrogens is 166 g/mol. The fourth-order valence-electron chi connectivity index (χ4n) is 1.92. The predicted octanol–water partition coefficient (Wildman–Crippen LogP) is 1.26. The van der Waals surface area contributed by atoms with Crippen LogP contribution < -0.4 is 5.32 Å². The number of aliphatic carboxylic acids is 1. The molecular formula is C10H17NO2. The maximum Gasteiger partial charge on any atom is 0.311 e. The number of nitrogens with one attached hydrogen (secondary N) is 1. The van der Waals surface area contributed by atoms with E-state index in [4.69, 9.17) is 0 Å². The van der Waals surface area contributed by atoms with E-state index in [1.165, 1.54) is 0 Å². The molecule has 1 rings (SSSR count). The molecule has 0 amide bonds. The average molecular weight is 183 g/mol. The first-order valence-corrected chi connectivity index (χ1v) is 4.70. The fourth-order valence-corrected chi connectivity index (χ4v) is 1.92. The monoisotopic (exact) mass is 183 g/mol. The number of rotatable bonds is 3. The lowest BCUT2D eigenvalue weighted by atomic mass is 9.71. The van der Waals surface area contributed by atoms with Gasteiger partial charge in [0.2, 0.25) is 0 Å². The molecule has 1 heterocycles. The molecule has 1 aliphatic rings. The van der Waals surface area contributed by atoms with Crippen LogP contribution in [0.3, 0.4) is 0 Å². The average Bonchev–Trinajstić information content (AvgIpc) is 2.17. The van der Waals surface area contributed by atoms with Gasteiger partial charge in [-0.05, 0) is 25.3 Å². The molecule has 74 valence electrons. The van der Waals surface area contributed by atoms with Gasteiger partial charge in [0.05, 0.1) is 5.41 Å². The maximum absolute atomic E-state index is 11.2. The Balaban J connectivity index is 2.84. The normalized spacial score (nSPS) is 30.8. The topological polar surface area (TPSA) is 49.3 Å². The number of piperidine rings is 1. The second-order valence-electron chi connectivity index (χ2n) is 3.77. The zero-order valence-electron chi connectivity index (χ0n) is 8.05. The largest absolute Gasteiger partial charge is 0.481 e. The first kappa shape index (κ1) is 10.3. The first-order chi connectivity index (χ1) is 6.13. The molecule has 3 heteroatoms. The van der Waals surface area contributed by atoms with Crippen molar-refractivity contribution in [1.29, 1.82) is 0 Å². The van der Waals surface area contributed by atoms with E-state index >= 15 is 0 Å². The third kappa shape index (κ3) is 1.75. The minimum absolute atomic E-state index is 0.0257. The number of hydrogen-bond donors (Lipinski definition) is 2. The SMILES string of the molecule is C=CC(C)C1(C(=O)O)CCCNC1. The van der Waals surface area contributed by atoms with Gasteiger partial charge < -0.3 is 10.4 Å². The van der Waals surface area contributed by atoms with Crippen molar-refractivity contribution in [2.75, 3.05) is 13.1 Å². The highest BCUT2D eigenvalue weighted by Gasteiger charge is 2.43. The highest BCUT2D eigenvalue weighted by atomic mass is 16.4. The summed E-state index contributed by atoms with van der Waals surface area (Å²) in [5.74, 6) is -0.676. The second kappa shape index (κ2) is 3.92. The highest BCUT2D eigenvalue weighted by molar-refractivity contribution is 5.75. The molecule has 1 aliphatic heterocycles.